The van der Waals surface area contributed by atoms with Gasteiger partial charge < -0.3 is 92.1 Å². The van der Waals surface area contributed by atoms with Gasteiger partial charge in [-0.3, -0.25) is 62.3 Å². The third-order valence-corrected chi connectivity index (χ3v) is 28.2. The van der Waals surface area contributed by atoms with E-state index in [-0.39, 0.29) is 134 Å². The second-order valence-corrected chi connectivity index (χ2v) is 49.1. The number of rotatable bonds is 43. The number of urea groups is 3. The number of ether oxygens (including phenoxy) is 4. The largest absolute Gasteiger partial charge is 0.464 e. The van der Waals surface area contributed by atoms with E-state index in [9.17, 15) is 91.1 Å². The summed E-state index contributed by atoms with van der Waals surface area (Å²) in [6.45, 7) is 65.2. The smallest absolute Gasteiger partial charge is 0.329 e. The Morgan fingerprint density at radius 3 is 1.09 bits per heavy atom. The van der Waals surface area contributed by atoms with E-state index in [0.717, 1.165) is 25.7 Å². The summed E-state index contributed by atoms with van der Waals surface area (Å²) in [6, 6.07) is -14.2. The first-order chi connectivity index (χ1) is 65.7. The van der Waals surface area contributed by atoms with Gasteiger partial charge in [0.15, 0.2) is 0 Å². The van der Waals surface area contributed by atoms with Gasteiger partial charge in [0.2, 0.25) is 58.6 Å². The molecule has 37 nitrogen and oxygen atoms in total. The molecule has 143 heavy (non-hydrogen) atoms. The summed E-state index contributed by atoms with van der Waals surface area (Å²) in [5.41, 5.74) is -5.13. The number of terminal acetylenes is 1. The molecule has 3 heterocycles. The number of fused-ring (bicyclic) bond motifs is 3. The van der Waals surface area contributed by atoms with Crippen LogP contribution in [0.5, 0.6) is 0 Å². The van der Waals surface area contributed by atoms with Gasteiger partial charge in [-0.1, -0.05) is 191 Å². The highest BCUT2D eigenvalue weighted by molar-refractivity contribution is 6.40. The van der Waals surface area contributed by atoms with Gasteiger partial charge in [0.1, 0.15) is 65.6 Å². The molecule has 3 aliphatic heterocycles. The molecule has 14 amide bonds. The molecule has 0 aromatic heterocycles. The lowest BCUT2D eigenvalue weighted by atomic mass is 9.85. The molecule has 802 valence electrons. The van der Waals surface area contributed by atoms with Crippen molar-refractivity contribution in [3.63, 3.8) is 0 Å². The Hall–Kier alpha value is -10.8. The third kappa shape index (κ3) is 33.1. The van der Waals surface area contributed by atoms with Crippen molar-refractivity contribution in [2.45, 2.75) is 381 Å². The van der Waals surface area contributed by atoms with E-state index < -0.39 is 218 Å². The number of amides is 14. The zero-order chi connectivity index (χ0) is 109. The van der Waals surface area contributed by atoms with Crippen molar-refractivity contribution in [2.24, 2.45) is 97.1 Å². The lowest BCUT2D eigenvalue weighted by Gasteiger charge is -2.38. The van der Waals surface area contributed by atoms with Crippen LogP contribution in [0.15, 0.2) is 25.3 Å². The van der Waals surface area contributed by atoms with Crippen LogP contribution in [-0.2, 0) is 95.7 Å². The highest BCUT2D eigenvalue weighted by atomic mass is 16.6. The second kappa shape index (κ2) is 48.5. The molecule has 8 aliphatic rings. The first kappa shape index (κ1) is 121. The fraction of sp³-hybridized carbons (Fsp3) is 0.764. The van der Waals surface area contributed by atoms with Crippen molar-refractivity contribution in [1.82, 2.24) is 73.2 Å². The first-order valence-electron chi connectivity index (χ1n) is 50.9. The highest BCUT2D eigenvalue weighted by Crippen LogP contribution is 2.67. The predicted octanol–water partition coefficient (Wildman–Crippen LogP) is 9.12. The first-order valence-corrected chi connectivity index (χ1v) is 50.9. The molecule has 0 aromatic carbocycles. The van der Waals surface area contributed by atoms with Crippen LogP contribution < -0.4 is 58.5 Å². The number of esters is 4. The number of nitrogens with one attached hydrogen (secondary N) is 11. The molecule has 5 saturated carbocycles. The minimum atomic E-state index is -1.19. The van der Waals surface area contributed by atoms with Crippen LogP contribution in [0.3, 0.4) is 0 Å². The number of likely N-dealkylation sites (tertiary alicyclic amines) is 3. The van der Waals surface area contributed by atoms with Crippen molar-refractivity contribution < 1.29 is 110 Å². The molecule has 37 heteroatoms. The molecule has 8 fully saturated rings. The van der Waals surface area contributed by atoms with Crippen LogP contribution >= 0.6 is 0 Å². The van der Waals surface area contributed by atoms with Crippen molar-refractivity contribution in [1.29, 1.82) is 0 Å². The van der Waals surface area contributed by atoms with Crippen LogP contribution in [0, 0.1) is 109 Å². The lowest BCUT2D eigenvalue weighted by molar-refractivity contribution is -0.160. The maximum atomic E-state index is 14.3. The Labute approximate surface area is 846 Å². The molecule has 0 radical (unpaired) electrons. The number of nitrogens with zero attached hydrogens (tertiary/aromatic N) is 3. The normalized spacial score (nSPS) is 22.7. The van der Waals surface area contributed by atoms with Crippen LogP contribution in [0.2, 0.25) is 0 Å². The summed E-state index contributed by atoms with van der Waals surface area (Å²) in [4.78, 5) is 257. The summed E-state index contributed by atoms with van der Waals surface area (Å²) in [6.07, 6.45) is 13.1. The topological polar surface area (TPSA) is 503 Å². The number of hydrogen-bond acceptors (Lipinski definition) is 23. The van der Waals surface area contributed by atoms with Crippen molar-refractivity contribution in [3.8, 4) is 12.3 Å². The summed E-state index contributed by atoms with van der Waals surface area (Å²) in [5, 5.41) is 29.6. The van der Waals surface area contributed by atoms with Gasteiger partial charge in [-0.25, -0.2) is 28.8 Å². The number of ketones is 4. The molecule has 2 unspecified atom stereocenters. The molecule has 0 spiro atoms. The van der Waals surface area contributed by atoms with Gasteiger partial charge in [-0.15, -0.1) is 25.5 Å². The standard InChI is InChI=1S/C38H62N4O9.C35H55N5O7.C33H53N5O7/c1-20(2)28(34(48)50-21(3)4)40-35(49)41-31(36(5,6)7)33(47)42-19-23-27(38(23,11)12)29(42)32(46)39-24(18-22-16-17-22)30(45)25(43)14-13-15-26(44)51-37(8,9)10;1-14-16-17-21(24(41)28(43)36-18-15-2)37-27(42)23-22-20(35(22,12)13)19-40(23)29(44)25(32(3,4)5)38-31(46)39-26(33(6,7)8)30(45)47-34(9,10)11;1-10-12-21(25(39)28(41)34-15-11-2)35-27(40)24-22-20(33(22,8)9)16-38(24)29(42)26(32(5,6)7)37-31(44)36-23(18(3)4)30(43)45-17-19-13-14-19/h20-24,27-29,31H,13-19H2,1-12H3,(H,39,46)(H2,40,41,49);1,15,20-23,25-26H,2,16-19H2,3-13H3,(H,36,43)(H,37,42)(H2,38,39,46);11,18-24,26H,2,10,12-17H2,1,3-9H3,(H,34,41)(H,35,40)(H2,36,37,44)/t23-,24-,27-,28-,29-,31+;20-,21?,22-,23-,25+,26+;20-,21?,22-,23-,24-,26+/m000/s1. The van der Waals surface area contributed by atoms with E-state index in [0.29, 0.717) is 38.5 Å². The highest BCUT2D eigenvalue weighted by Gasteiger charge is 2.73. The fourth-order valence-electron chi connectivity index (χ4n) is 19.3. The Bertz CT molecular complexity index is 4740. The van der Waals surface area contributed by atoms with E-state index in [1.54, 1.807) is 145 Å². The van der Waals surface area contributed by atoms with Crippen molar-refractivity contribution >= 4 is 112 Å². The van der Waals surface area contributed by atoms with Crippen LogP contribution in [0.4, 0.5) is 14.4 Å². The molecule has 5 aliphatic carbocycles. The average molecular weight is 2010 g/mol. The lowest BCUT2D eigenvalue weighted by Crippen LogP contribution is -2.63. The zero-order valence-electron chi connectivity index (χ0n) is 90.9. The molecule has 18 atom stereocenters. The van der Waals surface area contributed by atoms with Crippen molar-refractivity contribution in [2.75, 3.05) is 39.3 Å². The SMILES string of the molecule is C#CCCC(NC(=O)[C@@H]1[C@@H]2[C@H](CN1C(=O)[C@@H](NC(=O)N[C@H](C(=O)OC(C)(C)C)C(C)(C)C)C(C)(C)C)C2(C)C)C(=O)C(=O)NCC=C.C=CCNC(=O)C(=O)C(CCC)NC(=O)[C@@H]1[C@@H]2[C@H](CN1C(=O)[C@@H](NC(=O)N[C@H](C(=O)OCC1CC1)C(C)C)C(C)(C)C)C2(C)C.CC(C)OC(=O)[C@@H](NC(=O)N[C@H](C(=O)N1C[C@H]2[C@@H]([C@H]1C(=O)N[C@@H](CC1CC1)C(=O)C(=O)CCCC(=O)OC(C)(C)C)C2(C)C)C(C)(C)C)C(C)C. The molecule has 11 N–H and O–H groups in total. The Morgan fingerprint density at radius 2 is 0.769 bits per heavy atom. The van der Waals surface area contributed by atoms with Gasteiger partial charge in [-0.05, 0) is 191 Å². The van der Waals surface area contributed by atoms with E-state index in [2.05, 4.69) is 77.6 Å². The van der Waals surface area contributed by atoms with E-state index in [4.69, 9.17) is 25.4 Å². The average Bonchev–Trinajstić information content (AvgIpc) is 1.53. The zero-order valence-corrected chi connectivity index (χ0v) is 90.9. The molecule has 0 bridgehead atoms. The minimum absolute atomic E-state index is 0.00556. The maximum Gasteiger partial charge on any atom is 0.329 e. The Morgan fingerprint density at radius 1 is 0.427 bits per heavy atom. The summed E-state index contributed by atoms with van der Waals surface area (Å²) < 4.78 is 21.6. The Balaban J connectivity index is 0.000000329. The Kier molecular flexibility index (Phi) is 41.0. The van der Waals surface area contributed by atoms with Gasteiger partial charge in [-0.2, -0.15) is 0 Å². The van der Waals surface area contributed by atoms with Crippen LogP contribution in [0.1, 0.15) is 292 Å². The number of carbonyl (C=O) groups is 19. The second-order valence-electron chi connectivity index (χ2n) is 49.1. The summed E-state index contributed by atoms with van der Waals surface area (Å²) in [7, 11) is 0. The quantitative estimate of drug-likeness (QED) is 0.00890. The molecule has 8 rings (SSSR count). The monoisotopic (exact) mass is 2010 g/mol. The van der Waals surface area contributed by atoms with Gasteiger partial charge in [0.25, 0.3) is 11.8 Å². The number of piperidine rings is 3. The minimum Gasteiger partial charge on any atom is -0.464 e. The van der Waals surface area contributed by atoms with E-state index in [1.165, 1.54) is 26.9 Å². The van der Waals surface area contributed by atoms with Crippen molar-refractivity contribution in [3.05, 3.63) is 25.3 Å². The predicted molar refractivity (Wildman–Crippen MR) is 537 cm³/mol. The molecular weight excluding hydrogens is 1840 g/mol. The summed E-state index contributed by atoms with van der Waals surface area (Å²) >= 11 is 0. The van der Waals surface area contributed by atoms with E-state index >= 15 is 0 Å². The van der Waals surface area contributed by atoms with Crippen LogP contribution in [0.25, 0.3) is 0 Å². The van der Waals surface area contributed by atoms with E-state index in [1.807, 2.05) is 69.2 Å². The van der Waals surface area contributed by atoms with Crippen LogP contribution in [-0.4, -0.2) is 256 Å². The summed E-state index contributed by atoms with van der Waals surface area (Å²) in [5.74, 6) is -7.63. The number of hydrogen-bond donors (Lipinski definition) is 11. The van der Waals surface area contributed by atoms with Gasteiger partial charge in [0, 0.05) is 52.0 Å². The molecule has 0 aromatic rings. The fourth-order valence-corrected chi connectivity index (χ4v) is 19.3. The van der Waals surface area contributed by atoms with Gasteiger partial charge in [0.05, 0.1) is 30.8 Å². The third-order valence-electron chi connectivity index (χ3n) is 28.2. The number of Topliss-reactive ketones (excluding diaryl/α,β-unsaturated/α-hetero) is 4. The number of carbonyl (C=O) groups excluding carboxylic acids is 19. The molecular formula is C106H170N14O23. The molecule has 3 saturated heterocycles. The van der Waals surface area contributed by atoms with Gasteiger partial charge >= 0.3 is 42.0 Å². The maximum absolute atomic E-state index is 14.3.